The van der Waals surface area contributed by atoms with Crippen LogP contribution in [0.15, 0.2) is 18.2 Å². The average molecular weight is 283 g/mol. The largest absolute Gasteiger partial charge is 0.486 e. The molecule has 19 heavy (non-hydrogen) atoms. The Bertz CT molecular complexity index is 522. The molecule has 1 N–H and O–H groups in total. The molecule has 2 rings (SSSR count). The van der Waals surface area contributed by atoms with Gasteiger partial charge in [0.15, 0.2) is 11.5 Å². The van der Waals surface area contributed by atoms with Crippen LogP contribution >= 0.6 is 11.6 Å². The minimum Gasteiger partial charge on any atom is -0.486 e. The van der Waals surface area contributed by atoms with Gasteiger partial charge in [0.2, 0.25) is 0 Å². The molecule has 1 aliphatic rings. The van der Waals surface area contributed by atoms with Crippen LogP contribution in [-0.2, 0) is 4.79 Å². The Hall–Kier alpha value is -1.68. The maximum atomic E-state index is 10.6. The van der Waals surface area contributed by atoms with Gasteiger partial charge in [0.25, 0.3) is 0 Å². The summed E-state index contributed by atoms with van der Waals surface area (Å²) >= 11 is 6.23. The minimum atomic E-state index is -0.861. The molecule has 1 aromatic carbocycles. The number of benzene rings is 1. The summed E-state index contributed by atoms with van der Waals surface area (Å²) in [6.07, 6.45) is 2.36. The smallest absolute Gasteiger partial charge is 0.307 e. The molecule has 1 heterocycles. The summed E-state index contributed by atoms with van der Waals surface area (Å²) in [5.74, 6) is 0.425. The summed E-state index contributed by atoms with van der Waals surface area (Å²) in [5.41, 5.74) is 1.69. The molecule has 0 saturated heterocycles. The van der Waals surface area contributed by atoms with E-state index in [1.807, 2.05) is 13.0 Å². The molecule has 0 unspecified atom stereocenters. The Morgan fingerprint density at radius 2 is 2.00 bits per heavy atom. The topological polar surface area (TPSA) is 55.8 Å². The van der Waals surface area contributed by atoms with Gasteiger partial charge >= 0.3 is 5.97 Å². The van der Waals surface area contributed by atoms with Crippen LogP contribution in [0, 0.1) is 0 Å². The summed E-state index contributed by atoms with van der Waals surface area (Å²) in [6.45, 7) is 2.98. The molecule has 0 atom stereocenters. The summed E-state index contributed by atoms with van der Waals surface area (Å²) in [7, 11) is 0. The van der Waals surface area contributed by atoms with Crippen molar-refractivity contribution in [3.63, 3.8) is 0 Å². The van der Waals surface area contributed by atoms with E-state index in [1.165, 1.54) is 0 Å². The highest BCUT2D eigenvalue weighted by molar-refractivity contribution is 6.32. The van der Waals surface area contributed by atoms with Crippen LogP contribution in [0.4, 0.5) is 0 Å². The lowest BCUT2D eigenvalue weighted by atomic mass is 10.0. The van der Waals surface area contributed by atoms with E-state index in [0.717, 1.165) is 11.1 Å². The summed E-state index contributed by atoms with van der Waals surface area (Å²) < 4.78 is 11.0. The molecule has 0 bridgehead atoms. The quantitative estimate of drug-likeness (QED) is 0.920. The van der Waals surface area contributed by atoms with Gasteiger partial charge in [0, 0.05) is 6.07 Å². The van der Waals surface area contributed by atoms with Gasteiger partial charge in [0.1, 0.15) is 13.2 Å². The number of carbonyl (C=O) groups is 1. The molecule has 1 aromatic rings. The molecule has 5 heteroatoms. The first-order valence-electron chi connectivity index (χ1n) is 6.12. The van der Waals surface area contributed by atoms with E-state index in [4.69, 9.17) is 26.2 Å². The first-order valence-corrected chi connectivity index (χ1v) is 6.50. The Kier molecular flexibility index (Phi) is 4.32. The molecular formula is C14H15ClO4. The van der Waals surface area contributed by atoms with E-state index in [2.05, 4.69) is 0 Å². The average Bonchev–Trinajstić information content (AvgIpc) is 2.39. The lowest BCUT2D eigenvalue weighted by Crippen LogP contribution is -2.15. The second-order valence-electron chi connectivity index (χ2n) is 4.16. The van der Waals surface area contributed by atoms with Gasteiger partial charge in [-0.2, -0.15) is 0 Å². The normalized spacial score (nSPS) is 14.3. The third kappa shape index (κ3) is 3.20. The second-order valence-corrected chi connectivity index (χ2v) is 4.56. The van der Waals surface area contributed by atoms with Crippen LogP contribution in [0.1, 0.15) is 25.3 Å². The van der Waals surface area contributed by atoms with Gasteiger partial charge < -0.3 is 14.6 Å². The van der Waals surface area contributed by atoms with Gasteiger partial charge in [-0.3, -0.25) is 4.79 Å². The fraction of sp³-hybridized carbons (Fsp3) is 0.357. The number of fused-ring (bicyclic) bond motifs is 1. The number of rotatable bonds is 4. The van der Waals surface area contributed by atoms with Crippen LogP contribution in [-0.4, -0.2) is 24.3 Å². The van der Waals surface area contributed by atoms with Crippen molar-refractivity contribution in [3.8, 4) is 11.5 Å². The standard InChI is InChI=1S/C14H15ClO4/c1-2-9(3-4-14(16)17)10-7-12-13(8-11(10)15)19-6-5-18-12/h3,7-8H,2,4-6H2,1H3,(H,16,17)/b9-3+. The van der Waals surface area contributed by atoms with Crippen molar-refractivity contribution in [2.75, 3.05) is 13.2 Å². The fourth-order valence-electron chi connectivity index (χ4n) is 1.97. The van der Waals surface area contributed by atoms with Crippen molar-refractivity contribution in [1.82, 2.24) is 0 Å². The van der Waals surface area contributed by atoms with Crippen molar-refractivity contribution in [2.24, 2.45) is 0 Å². The van der Waals surface area contributed by atoms with E-state index < -0.39 is 5.97 Å². The lowest BCUT2D eigenvalue weighted by Gasteiger charge is -2.20. The first-order chi connectivity index (χ1) is 9.11. The predicted molar refractivity (Wildman–Crippen MR) is 73.0 cm³/mol. The molecule has 0 saturated carbocycles. The Balaban J connectivity index is 2.37. The Labute approximate surface area is 116 Å². The summed E-state index contributed by atoms with van der Waals surface area (Å²) in [6, 6.07) is 3.53. The van der Waals surface area contributed by atoms with Crippen LogP contribution < -0.4 is 9.47 Å². The maximum absolute atomic E-state index is 10.6. The van der Waals surface area contributed by atoms with Gasteiger partial charge in [-0.05, 0) is 23.6 Å². The highest BCUT2D eigenvalue weighted by Crippen LogP contribution is 2.38. The highest BCUT2D eigenvalue weighted by atomic mass is 35.5. The molecule has 0 amide bonds. The van der Waals surface area contributed by atoms with E-state index >= 15 is 0 Å². The van der Waals surface area contributed by atoms with Gasteiger partial charge in [-0.1, -0.05) is 24.6 Å². The van der Waals surface area contributed by atoms with Crippen molar-refractivity contribution in [1.29, 1.82) is 0 Å². The van der Waals surface area contributed by atoms with E-state index in [9.17, 15) is 4.79 Å². The Morgan fingerprint density at radius 3 is 2.58 bits per heavy atom. The van der Waals surface area contributed by atoms with Gasteiger partial charge in [-0.15, -0.1) is 0 Å². The fourth-order valence-corrected chi connectivity index (χ4v) is 2.24. The van der Waals surface area contributed by atoms with Crippen LogP contribution in [0.25, 0.3) is 5.57 Å². The van der Waals surface area contributed by atoms with E-state index in [-0.39, 0.29) is 6.42 Å². The number of halogens is 1. The number of carboxylic acids is 1. The first kappa shape index (κ1) is 13.7. The van der Waals surface area contributed by atoms with Crippen LogP contribution in [0.3, 0.4) is 0 Å². The zero-order valence-corrected chi connectivity index (χ0v) is 11.4. The van der Waals surface area contributed by atoms with Crippen molar-refractivity contribution >= 4 is 23.1 Å². The minimum absolute atomic E-state index is 0.0199. The second kappa shape index (κ2) is 5.97. The zero-order chi connectivity index (χ0) is 13.8. The van der Waals surface area contributed by atoms with Crippen LogP contribution in [0.5, 0.6) is 11.5 Å². The molecule has 0 fully saturated rings. The lowest BCUT2D eigenvalue weighted by molar-refractivity contribution is -0.135. The maximum Gasteiger partial charge on any atom is 0.307 e. The molecule has 0 spiro atoms. The molecule has 0 radical (unpaired) electrons. The monoisotopic (exact) mass is 282 g/mol. The number of allylic oxidation sites excluding steroid dienone is 1. The van der Waals surface area contributed by atoms with Crippen molar-refractivity contribution < 1.29 is 19.4 Å². The number of ether oxygens (including phenoxy) is 2. The SMILES string of the molecule is CC/C(=C\CC(=O)O)c1cc2c(cc1Cl)OCCO2. The zero-order valence-electron chi connectivity index (χ0n) is 10.6. The van der Waals surface area contributed by atoms with Gasteiger partial charge in [-0.25, -0.2) is 0 Å². The van der Waals surface area contributed by atoms with Crippen molar-refractivity contribution in [2.45, 2.75) is 19.8 Å². The summed E-state index contributed by atoms with van der Waals surface area (Å²) in [5, 5.41) is 9.29. The highest BCUT2D eigenvalue weighted by Gasteiger charge is 2.16. The molecule has 0 aromatic heterocycles. The summed E-state index contributed by atoms with van der Waals surface area (Å²) in [4.78, 5) is 10.6. The van der Waals surface area contributed by atoms with E-state index in [0.29, 0.717) is 36.2 Å². The Morgan fingerprint density at radius 1 is 1.37 bits per heavy atom. The number of hydrogen-bond donors (Lipinski definition) is 1. The third-order valence-electron chi connectivity index (χ3n) is 2.88. The molecule has 1 aliphatic heterocycles. The molecule has 102 valence electrons. The molecular weight excluding hydrogens is 268 g/mol. The molecule has 0 aliphatic carbocycles. The van der Waals surface area contributed by atoms with Gasteiger partial charge in [0.05, 0.1) is 11.4 Å². The number of hydrogen-bond acceptors (Lipinski definition) is 3. The third-order valence-corrected chi connectivity index (χ3v) is 3.19. The van der Waals surface area contributed by atoms with Crippen molar-refractivity contribution in [3.05, 3.63) is 28.8 Å². The predicted octanol–water partition coefficient (Wildman–Crippen LogP) is 3.38. The molecule has 4 nitrogen and oxygen atoms in total. The number of carboxylic acid groups (broad SMARTS) is 1. The number of aliphatic carboxylic acids is 1. The van der Waals surface area contributed by atoms with E-state index in [1.54, 1.807) is 12.1 Å². The van der Waals surface area contributed by atoms with Crippen LogP contribution in [0.2, 0.25) is 5.02 Å².